The van der Waals surface area contributed by atoms with Crippen LogP contribution in [0.2, 0.25) is 0 Å². The maximum Gasteiger partial charge on any atom is 0.251 e. The summed E-state index contributed by atoms with van der Waals surface area (Å²) in [6, 6.07) is 7.91. The lowest BCUT2D eigenvalue weighted by Crippen LogP contribution is -2.43. The molecule has 1 saturated carbocycles. The first-order valence-electron chi connectivity index (χ1n) is 7.24. The maximum absolute atomic E-state index is 12.2. The second kappa shape index (κ2) is 7.70. The molecular formula is C16H23NO2S. The third kappa shape index (κ3) is 4.00. The van der Waals surface area contributed by atoms with Crippen molar-refractivity contribution in [3.05, 3.63) is 35.4 Å². The molecule has 1 fully saturated rings. The van der Waals surface area contributed by atoms with Crippen molar-refractivity contribution >= 4 is 17.7 Å². The van der Waals surface area contributed by atoms with Crippen LogP contribution >= 0.6 is 11.8 Å². The minimum atomic E-state index is -0.0222. The Bertz CT molecular complexity index is 433. The summed E-state index contributed by atoms with van der Waals surface area (Å²) in [4.78, 5) is 12.2. The number of thioether (sulfide) groups is 1. The quantitative estimate of drug-likeness (QED) is 0.877. The van der Waals surface area contributed by atoms with Crippen LogP contribution in [0.4, 0.5) is 0 Å². The topological polar surface area (TPSA) is 49.3 Å². The van der Waals surface area contributed by atoms with Crippen molar-refractivity contribution in [2.45, 2.75) is 37.5 Å². The minimum absolute atomic E-state index is 0.0222. The molecule has 2 unspecified atom stereocenters. The Morgan fingerprint density at radius 3 is 2.65 bits per heavy atom. The molecule has 0 spiro atoms. The van der Waals surface area contributed by atoms with Crippen LogP contribution < -0.4 is 5.32 Å². The van der Waals surface area contributed by atoms with E-state index in [1.54, 1.807) is 11.8 Å². The van der Waals surface area contributed by atoms with E-state index >= 15 is 0 Å². The average molecular weight is 293 g/mol. The second-order valence-electron chi connectivity index (χ2n) is 5.44. The molecule has 0 aromatic heterocycles. The molecule has 0 aliphatic heterocycles. The fourth-order valence-electron chi connectivity index (χ4n) is 2.79. The molecule has 0 saturated heterocycles. The number of aliphatic hydroxyl groups excluding tert-OH is 1. The molecule has 3 nitrogen and oxygen atoms in total. The van der Waals surface area contributed by atoms with Gasteiger partial charge in [0.1, 0.15) is 0 Å². The number of rotatable bonds is 5. The largest absolute Gasteiger partial charge is 0.396 e. The van der Waals surface area contributed by atoms with Crippen molar-refractivity contribution in [3.8, 4) is 0 Å². The summed E-state index contributed by atoms with van der Waals surface area (Å²) in [5.74, 6) is 1.16. The molecule has 110 valence electrons. The van der Waals surface area contributed by atoms with Crippen LogP contribution in [0.15, 0.2) is 24.3 Å². The van der Waals surface area contributed by atoms with Gasteiger partial charge in [0, 0.05) is 29.9 Å². The van der Waals surface area contributed by atoms with E-state index < -0.39 is 0 Å². The lowest BCUT2D eigenvalue weighted by Gasteiger charge is -2.30. The minimum Gasteiger partial charge on any atom is -0.396 e. The first-order valence-corrected chi connectivity index (χ1v) is 8.63. The summed E-state index contributed by atoms with van der Waals surface area (Å²) in [5.41, 5.74) is 1.94. The molecule has 0 radical (unpaired) electrons. The average Bonchev–Trinajstić information content (AvgIpc) is 2.49. The van der Waals surface area contributed by atoms with Gasteiger partial charge in [-0.2, -0.15) is 11.8 Å². The van der Waals surface area contributed by atoms with Gasteiger partial charge in [-0.15, -0.1) is 0 Å². The Balaban J connectivity index is 1.96. The molecule has 0 bridgehead atoms. The molecule has 1 aliphatic rings. The molecule has 0 heterocycles. The van der Waals surface area contributed by atoms with Crippen LogP contribution in [0.1, 0.15) is 41.6 Å². The monoisotopic (exact) mass is 293 g/mol. The predicted octanol–water partition coefficient (Wildman–Crippen LogP) is 2.83. The van der Waals surface area contributed by atoms with Crippen molar-refractivity contribution in [1.29, 1.82) is 0 Å². The fourth-order valence-corrected chi connectivity index (χ4v) is 3.31. The highest BCUT2D eigenvalue weighted by atomic mass is 32.2. The summed E-state index contributed by atoms with van der Waals surface area (Å²) in [6.45, 7) is 0.164. The van der Waals surface area contributed by atoms with Gasteiger partial charge in [-0.25, -0.2) is 0 Å². The standard InChI is InChI=1S/C16H23NO2S/c1-20-11-12-6-8-13(9-7-12)16(19)17-15-5-3-2-4-14(15)10-18/h6-9,14-15,18H,2-5,10-11H2,1H3,(H,17,19). The Morgan fingerprint density at radius 2 is 2.00 bits per heavy atom. The lowest BCUT2D eigenvalue weighted by molar-refractivity contribution is 0.0872. The molecule has 2 atom stereocenters. The number of aliphatic hydroxyl groups is 1. The van der Waals surface area contributed by atoms with Crippen molar-refractivity contribution in [3.63, 3.8) is 0 Å². The third-order valence-corrected chi connectivity index (χ3v) is 4.61. The van der Waals surface area contributed by atoms with Crippen LogP contribution in [0, 0.1) is 5.92 Å². The molecule has 1 aromatic carbocycles. The molecule has 4 heteroatoms. The Kier molecular flexibility index (Phi) is 5.92. The van der Waals surface area contributed by atoms with Gasteiger partial charge in [0.05, 0.1) is 0 Å². The number of benzene rings is 1. The van der Waals surface area contributed by atoms with E-state index in [-0.39, 0.29) is 24.5 Å². The summed E-state index contributed by atoms with van der Waals surface area (Å²) >= 11 is 1.77. The van der Waals surface area contributed by atoms with Gasteiger partial charge >= 0.3 is 0 Å². The van der Waals surface area contributed by atoms with Gasteiger partial charge in [0.25, 0.3) is 5.91 Å². The third-order valence-electron chi connectivity index (χ3n) is 3.99. The van der Waals surface area contributed by atoms with E-state index in [1.165, 1.54) is 5.56 Å². The SMILES string of the molecule is CSCc1ccc(C(=O)NC2CCCCC2CO)cc1. The van der Waals surface area contributed by atoms with Gasteiger partial charge in [-0.3, -0.25) is 4.79 Å². The predicted molar refractivity (Wildman–Crippen MR) is 84.0 cm³/mol. The molecule has 20 heavy (non-hydrogen) atoms. The van der Waals surface area contributed by atoms with Gasteiger partial charge in [0.2, 0.25) is 0 Å². The lowest BCUT2D eigenvalue weighted by atomic mass is 9.85. The van der Waals surface area contributed by atoms with Crippen LogP contribution in [-0.4, -0.2) is 29.9 Å². The van der Waals surface area contributed by atoms with E-state index in [1.807, 2.05) is 24.3 Å². The van der Waals surface area contributed by atoms with Gasteiger partial charge in [-0.1, -0.05) is 25.0 Å². The van der Waals surface area contributed by atoms with Crippen LogP contribution in [0.25, 0.3) is 0 Å². The fraction of sp³-hybridized carbons (Fsp3) is 0.562. The van der Waals surface area contributed by atoms with Crippen LogP contribution in [0.3, 0.4) is 0 Å². The van der Waals surface area contributed by atoms with Crippen molar-refractivity contribution in [1.82, 2.24) is 5.32 Å². The Morgan fingerprint density at radius 1 is 1.30 bits per heavy atom. The normalized spacial score (nSPS) is 22.5. The zero-order valence-corrected chi connectivity index (χ0v) is 12.8. The van der Waals surface area contributed by atoms with Crippen LogP contribution in [0.5, 0.6) is 0 Å². The zero-order valence-electron chi connectivity index (χ0n) is 12.0. The van der Waals surface area contributed by atoms with E-state index in [0.717, 1.165) is 31.4 Å². The first kappa shape index (κ1) is 15.4. The van der Waals surface area contributed by atoms with E-state index in [9.17, 15) is 9.90 Å². The van der Waals surface area contributed by atoms with Crippen LogP contribution in [-0.2, 0) is 5.75 Å². The van der Waals surface area contributed by atoms with E-state index in [2.05, 4.69) is 11.6 Å². The Labute approximate surface area is 125 Å². The highest BCUT2D eigenvalue weighted by Crippen LogP contribution is 2.24. The highest BCUT2D eigenvalue weighted by molar-refractivity contribution is 7.97. The van der Waals surface area contributed by atoms with Gasteiger partial charge < -0.3 is 10.4 Å². The number of carbonyl (C=O) groups excluding carboxylic acids is 1. The maximum atomic E-state index is 12.2. The molecule has 2 N–H and O–H groups in total. The molecule has 1 aliphatic carbocycles. The summed E-state index contributed by atoms with van der Waals surface area (Å²) in [6.07, 6.45) is 6.34. The summed E-state index contributed by atoms with van der Waals surface area (Å²) < 4.78 is 0. The number of amides is 1. The molecule has 1 amide bonds. The van der Waals surface area contributed by atoms with Crippen molar-refractivity contribution in [2.75, 3.05) is 12.9 Å². The van der Waals surface area contributed by atoms with Crippen molar-refractivity contribution < 1.29 is 9.90 Å². The van der Waals surface area contributed by atoms with Crippen molar-refractivity contribution in [2.24, 2.45) is 5.92 Å². The molecule has 1 aromatic rings. The summed E-state index contributed by atoms with van der Waals surface area (Å²) in [5, 5.41) is 12.5. The van der Waals surface area contributed by atoms with E-state index in [4.69, 9.17) is 0 Å². The summed E-state index contributed by atoms with van der Waals surface area (Å²) in [7, 11) is 0. The van der Waals surface area contributed by atoms with Gasteiger partial charge in [0.15, 0.2) is 0 Å². The zero-order chi connectivity index (χ0) is 14.4. The number of nitrogens with one attached hydrogen (secondary N) is 1. The van der Waals surface area contributed by atoms with Gasteiger partial charge in [-0.05, 0) is 36.8 Å². The molecular weight excluding hydrogens is 270 g/mol. The number of carbonyl (C=O) groups is 1. The van der Waals surface area contributed by atoms with E-state index in [0.29, 0.717) is 5.56 Å². The number of hydrogen-bond acceptors (Lipinski definition) is 3. The second-order valence-corrected chi connectivity index (χ2v) is 6.30. The Hall–Kier alpha value is -1.00. The smallest absolute Gasteiger partial charge is 0.251 e. The molecule has 2 rings (SSSR count). The highest BCUT2D eigenvalue weighted by Gasteiger charge is 2.26. The number of hydrogen-bond donors (Lipinski definition) is 2. The first-order chi connectivity index (χ1) is 9.74.